The molecule has 1 heterocycles. The highest BCUT2D eigenvalue weighted by Crippen LogP contribution is 2.36. The van der Waals surface area contributed by atoms with Crippen LogP contribution in [-0.4, -0.2) is 31.0 Å². The smallest absolute Gasteiger partial charge is 0.415 e. The molecule has 0 spiro atoms. The molecule has 0 saturated carbocycles. The predicted molar refractivity (Wildman–Crippen MR) is 75.8 cm³/mol. The lowest BCUT2D eigenvalue weighted by Crippen LogP contribution is -2.41. The molecule has 0 aromatic carbocycles. The van der Waals surface area contributed by atoms with Crippen molar-refractivity contribution in [2.75, 3.05) is 6.61 Å². The fourth-order valence-corrected chi connectivity index (χ4v) is 2.55. The van der Waals surface area contributed by atoms with Gasteiger partial charge in [-0.05, 0) is 18.1 Å². The summed E-state index contributed by atoms with van der Waals surface area (Å²) in [5.74, 6) is 0. The Morgan fingerprint density at radius 1 is 1.33 bits per heavy atom. The van der Waals surface area contributed by atoms with Crippen molar-refractivity contribution in [2.45, 2.75) is 51.6 Å². The second-order valence-electron chi connectivity index (χ2n) is 6.39. The Labute approximate surface area is 123 Å². The zero-order valence-electron chi connectivity index (χ0n) is 12.9. The molecule has 0 saturated heterocycles. The highest BCUT2D eigenvalue weighted by Gasteiger charge is 2.38. The summed E-state index contributed by atoms with van der Waals surface area (Å²) in [4.78, 5) is 10.9. The molecule has 120 valence electrons. The molecule has 0 radical (unpaired) electrons. The van der Waals surface area contributed by atoms with Crippen LogP contribution >= 0.6 is 0 Å². The lowest BCUT2D eigenvalue weighted by molar-refractivity contribution is -0.137. The molecule has 1 aromatic heterocycles. The Kier molecular flexibility index (Phi) is 5.04. The average molecular weight is 322 g/mol. The van der Waals surface area contributed by atoms with Gasteiger partial charge in [0.2, 0.25) is 0 Å². The van der Waals surface area contributed by atoms with Crippen LogP contribution in [0.3, 0.4) is 0 Å². The summed E-state index contributed by atoms with van der Waals surface area (Å²) >= 11 is 0. The molecule has 0 unspecified atom stereocenters. The Bertz CT molecular complexity index is 504. The van der Waals surface area contributed by atoms with Gasteiger partial charge in [0, 0.05) is 0 Å². The van der Waals surface area contributed by atoms with E-state index in [4.69, 9.17) is 4.43 Å². The minimum atomic E-state index is -4.57. The standard InChI is InChI=1S/C13H21F3N2O2Si/c1-12(2,3)21(4,5)20-7-6-18-11(9-19)10(8-17-18)13(14,15)16/h8-9H,6-7H2,1-5H3. The lowest BCUT2D eigenvalue weighted by atomic mass is 10.2. The van der Waals surface area contributed by atoms with E-state index in [2.05, 4.69) is 39.0 Å². The maximum absolute atomic E-state index is 12.7. The fraction of sp³-hybridized carbons (Fsp3) is 0.692. The predicted octanol–water partition coefficient (Wildman–Crippen LogP) is 3.74. The van der Waals surface area contributed by atoms with Crippen LogP contribution in [0.2, 0.25) is 18.1 Å². The molecule has 0 amide bonds. The number of hydrogen-bond acceptors (Lipinski definition) is 3. The number of nitrogens with zero attached hydrogens (tertiary/aromatic N) is 2. The molecule has 8 heteroatoms. The number of rotatable bonds is 5. The van der Waals surface area contributed by atoms with Crippen molar-refractivity contribution in [3.63, 3.8) is 0 Å². The van der Waals surface area contributed by atoms with Gasteiger partial charge >= 0.3 is 6.18 Å². The topological polar surface area (TPSA) is 44.1 Å². The van der Waals surface area contributed by atoms with Crippen LogP contribution in [0, 0.1) is 0 Å². The summed E-state index contributed by atoms with van der Waals surface area (Å²) in [6, 6.07) is 0. The first-order valence-corrected chi connectivity index (χ1v) is 9.53. The Morgan fingerprint density at radius 2 is 1.90 bits per heavy atom. The molecular formula is C13H21F3N2O2Si. The molecule has 21 heavy (non-hydrogen) atoms. The van der Waals surface area contributed by atoms with Crippen LogP contribution in [0.15, 0.2) is 6.20 Å². The van der Waals surface area contributed by atoms with Gasteiger partial charge in [0.05, 0.1) is 19.3 Å². The molecule has 0 atom stereocenters. The number of carbonyl (C=O) groups is 1. The summed E-state index contributed by atoms with van der Waals surface area (Å²) in [5, 5.41) is 3.65. The van der Waals surface area contributed by atoms with Gasteiger partial charge in [-0.2, -0.15) is 18.3 Å². The lowest BCUT2D eigenvalue weighted by Gasteiger charge is -2.36. The zero-order chi connectivity index (χ0) is 16.5. The van der Waals surface area contributed by atoms with Crippen molar-refractivity contribution >= 4 is 14.6 Å². The van der Waals surface area contributed by atoms with Gasteiger partial charge in [-0.1, -0.05) is 20.8 Å². The summed E-state index contributed by atoms with van der Waals surface area (Å²) in [6.07, 6.45) is -3.72. The summed E-state index contributed by atoms with van der Waals surface area (Å²) in [5.41, 5.74) is -1.47. The average Bonchev–Trinajstić information content (AvgIpc) is 2.69. The number of hydrogen-bond donors (Lipinski definition) is 0. The molecule has 1 rings (SSSR count). The molecule has 0 aliphatic rings. The van der Waals surface area contributed by atoms with Crippen LogP contribution in [-0.2, 0) is 17.1 Å². The Hall–Kier alpha value is -1.15. The van der Waals surface area contributed by atoms with Crippen molar-refractivity contribution in [1.29, 1.82) is 0 Å². The van der Waals surface area contributed by atoms with Gasteiger partial charge in [-0.3, -0.25) is 9.48 Å². The van der Waals surface area contributed by atoms with Crippen LogP contribution in [0.5, 0.6) is 0 Å². The monoisotopic (exact) mass is 322 g/mol. The quantitative estimate of drug-likeness (QED) is 0.613. The number of aromatic nitrogens is 2. The number of aldehydes is 1. The third kappa shape index (κ3) is 4.16. The first-order chi connectivity index (χ1) is 9.40. The van der Waals surface area contributed by atoms with E-state index in [0.717, 1.165) is 4.68 Å². The van der Waals surface area contributed by atoms with E-state index in [0.29, 0.717) is 6.20 Å². The van der Waals surface area contributed by atoms with Gasteiger partial charge in [0.25, 0.3) is 0 Å². The number of halogens is 3. The second kappa shape index (κ2) is 5.92. The highest BCUT2D eigenvalue weighted by atomic mass is 28.4. The van der Waals surface area contributed by atoms with Crippen molar-refractivity contribution in [3.05, 3.63) is 17.5 Å². The van der Waals surface area contributed by atoms with Gasteiger partial charge in [0.15, 0.2) is 14.6 Å². The second-order valence-corrected chi connectivity index (χ2v) is 11.2. The van der Waals surface area contributed by atoms with Crippen LogP contribution in [0.25, 0.3) is 0 Å². The third-order valence-corrected chi connectivity index (χ3v) is 8.41. The molecule has 0 N–H and O–H groups in total. The van der Waals surface area contributed by atoms with E-state index in [9.17, 15) is 18.0 Å². The van der Waals surface area contributed by atoms with Gasteiger partial charge in [0.1, 0.15) is 11.3 Å². The van der Waals surface area contributed by atoms with E-state index < -0.39 is 25.8 Å². The molecule has 0 fully saturated rings. The van der Waals surface area contributed by atoms with E-state index in [-0.39, 0.29) is 24.5 Å². The maximum atomic E-state index is 12.7. The van der Waals surface area contributed by atoms with Crippen LogP contribution < -0.4 is 0 Å². The van der Waals surface area contributed by atoms with E-state index in [1.807, 2.05) is 0 Å². The third-order valence-electron chi connectivity index (χ3n) is 3.87. The van der Waals surface area contributed by atoms with Crippen molar-refractivity contribution < 1.29 is 22.4 Å². The number of carbonyl (C=O) groups excluding carboxylic acids is 1. The van der Waals surface area contributed by atoms with Gasteiger partial charge in [-0.15, -0.1) is 0 Å². The Balaban J connectivity index is 2.78. The highest BCUT2D eigenvalue weighted by molar-refractivity contribution is 6.74. The first kappa shape index (κ1) is 17.9. The SMILES string of the molecule is CC(C)(C)[Si](C)(C)OCCn1ncc(C(F)(F)F)c1C=O. The summed E-state index contributed by atoms with van der Waals surface area (Å²) < 4.78 is 45.0. The van der Waals surface area contributed by atoms with E-state index in [1.165, 1.54) is 0 Å². The fourth-order valence-electron chi connectivity index (χ4n) is 1.52. The normalized spacial score (nSPS) is 13.5. The van der Waals surface area contributed by atoms with Gasteiger partial charge in [-0.25, -0.2) is 0 Å². The Morgan fingerprint density at radius 3 is 2.33 bits per heavy atom. The summed E-state index contributed by atoms with van der Waals surface area (Å²) in [6.45, 7) is 10.7. The zero-order valence-corrected chi connectivity index (χ0v) is 13.9. The first-order valence-electron chi connectivity index (χ1n) is 6.62. The van der Waals surface area contributed by atoms with Crippen LogP contribution in [0.1, 0.15) is 36.8 Å². The molecule has 4 nitrogen and oxygen atoms in total. The van der Waals surface area contributed by atoms with E-state index in [1.54, 1.807) is 0 Å². The molecule has 0 aliphatic heterocycles. The molecule has 0 bridgehead atoms. The minimum Gasteiger partial charge on any atom is -0.415 e. The van der Waals surface area contributed by atoms with Crippen molar-refractivity contribution in [1.82, 2.24) is 9.78 Å². The molecule has 0 aliphatic carbocycles. The van der Waals surface area contributed by atoms with E-state index >= 15 is 0 Å². The van der Waals surface area contributed by atoms with Crippen molar-refractivity contribution in [2.24, 2.45) is 0 Å². The summed E-state index contributed by atoms with van der Waals surface area (Å²) in [7, 11) is -1.97. The van der Waals surface area contributed by atoms with Crippen molar-refractivity contribution in [3.8, 4) is 0 Å². The minimum absolute atomic E-state index is 0.0156. The maximum Gasteiger partial charge on any atom is 0.420 e. The number of alkyl halides is 3. The largest absolute Gasteiger partial charge is 0.420 e. The van der Waals surface area contributed by atoms with Crippen LogP contribution in [0.4, 0.5) is 13.2 Å². The molecule has 1 aromatic rings. The molecular weight excluding hydrogens is 301 g/mol. The van der Waals surface area contributed by atoms with Gasteiger partial charge < -0.3 is 4.43 Å².